The van der Waals surface area contributed by atoms with E-state index < -0.39 is 5.97 Å². The Bertz CT molecular complexity index is 578. The van der Waals surface area contributed by atoms with Crippen LogP contribution in [-0.2, 0) is 4.79 Å². The average molecular weight is 260 g/mol. The minimum absolute atomic E-state index is 0.0696. The number of nitrogens with one attached hydrogen (secondary N) is 1. The van der Waals surface area contributed by atoms with Crippen molar-refractivity contribution in [1.82, 2.24) is 15.2 Å². The minimum Gasteiger partial charge on any atom is -0.544 e. The molecule has 2 rings (SSSR count). The van der Waals surface area contributed by atoms with Crippen LogP contribution in [0.25, 0.3) is 6.08 Å². The first kappa shape index (κ1) is 12.4. The predicted molar refractivity (Wildman–Crippen MR) is 66.4 cm³/mol. The number of aliphatic carboxylic acids is 1. The standard InChI is InChI=1S/C12H11N3O2S/c1-8-13-12(15-14-8)18-10(11(16)17)7-9-5-3-2-4-6-9/h2-7H,1H3,(H,16,17)(H,13,14,15)/p-1/b10-7+. The number of aromatic amines is 1. The van der Waals surface area contributed by atoms with Crippen LogP contribution >= 0.6 is 11.8 Å². The molecule has 18 heavy (non-hydrogen) atoms. The summed E-state index contributed by atoms with van der Waals surface area (Å²) < 4.78 is 0. The van der Waals surface area contributed by atoms with E-state index in [-0.39, 0.29) is 4.91 Å². The molecular formula is C12H10N3O2S-. The molecule has 0 aliphatic carbocycles. The molecule has 0 spiro atoms. The summed E-state index contributed by atoms with van der Waals surface area (Å²) in [6, 6.07) is 9.15. The number of carboxylic acid groups (broad SMARTS) is 1. The van der Waals surface area contributed by atoms with Crippen molar-refractivity contribution in [3.05, 3.63) is 46.6 Å². The average Bonchev–Trinajstić information content (AvgIpc) is 2.75. The lowest BCUT2D eigenvalue weighted by atomic mass is 10.2. The third kappa shape index (κ3) is 3.21. The molecule has 2 aromatic rings. The number of aryl methyl sites for hydroxylation is 1. The first-order valence-electron chi connectivity index (χ1n) is 5.20. The Kier molecular flexibility index (Phi) is 3.78. The van der Waals surface area contributed by atoms with Crippen molar-refractivity contribution in [1.29, 1.82) is 0 Å². The number of carboxylic acids is 1. The van der Waals surface area contributed by atoms with E-state index in [2.05, 4.69) is 15.2 Å². The largest absolute Gasteiger partial charge is 0.544 e. The number of nitrogens with zero attached hydrogens (tertiary/aromatic N) is 2. The first-order valence-corrected chi connectivity index (χ1v) is 6.02. The smallest absolute Gasteiger partial charge is 0.213 e. The highest BCUT2D eigenvalue weighted by molar-refractivity contribution is 8.04. The Morgan fingerprint density at radius 3 is 2.67 bits per heavy atom. The van der Waals surface area contributed by atoms with Crippen molar-refractivity contribution in [2.45, 2.75) is 12.1 Å². The van der Waals surface area contributed by atoms with E-state index in [0.717, 1.165) is 17.3 Å². The van der Waals surface area contributed by atoms with Gasteiger partial charge in [-0.2, -0.15) is 0 Å². The number of H-pyrrole nitrogens is 1. The molecule has 0 unspecified atom stereocenters. The Labute approximate surface area is 108 Å². The Morgan fingerprint density at radius 1 is 1.39 bits per heavy atom. The SMILES string of the molecule is Cc1nc(S/C(=C/c2ccccc2)C(=O)[O-])n[nH]1. The molecule has 0 saturated heterocycles. The summed E-state index contributed by atoms with van der Waals surface area (Å²) in [6.07, 6.45) is 1.53. The fourth-order valence-electron chi connectivity index (χ4n) is 1.30. The van der Waals surface area contributed by atoms with Gasteiger partial charge in [0, 0.05) is 4.91 Å². The number of rotatable bonds is 4. The number of aromatic nitrogens is 3. The molecule has 92 valence electrons. The maximum atomic E-state index is 11.0. The second kappa shape index (κ2) is 5.50. The molecule has 0 amide bonds. The summed E-state index contributed by atoms with van der Waals surface area (Å²) >= 11 is 0.958. The molecule has 1 aromatic heterocycles. The second-order valence-corrected chi connectivity index (χ2v) is 4.52. The van der Waals surface area contributed by atoms with E-state index in [4.69, 9.17) is 0 Å². The van der Waals surface area contributed by atoms with Crippen molar-refractivity contribution in [3.8, 4) is 0 Å². The normalized spacial score (nSPS) is 11.5. The van der Waals surface area contributed by atoms with Crippen LogP contribution in [0.4, 0.5) is 0 Å². The number of hydrogen-bond acceptors (Lipinski definition) is 5. The highest BCUT2D eigenvalue weighted by atomic mass is 32.2. The Balaban J connectivity index is 2.24. The van der Waals surface area contributed by atoms with Crippen molar-refractivity contribution in [2.24, 2.45) is 0 Å². The van der Waals surface area contributed by atoms with Crippen LogP contribution < -0.4 is 5.11 Å². The third-order valence-electron chi connectivity index (χ3n) is 2.08. The van der Waals surface area contributed by atoms with Gasteiger partial charge in [-0.3, -0.25) is 5.10 Å². The highest BCUT2D eigenvalue weighted by Crippen LogP contribution is 2.24. The number of thioether (sulfide) groups is 1. The van der Waals surface area contributed by atoms with Crippen LogP contribution in [0.3, 0.4) is 0 Å². The zero-order chi connectivity index (χ0) is 13.0. The summed E-state index contributed by atoms with van der Waals surface area (Å²) in [7, 11) is 0. The van der Waals surface area contributed by atoms with Crippen molar-refractivity contribution >= 4 is 23.8 Å². The molecule has 1 N–H and O–H groups in total. The van der Waals surface area contributed by atoms with E-state index in [1.807, 2.05) is 30.3 Å². The van der Waals surface area contributed by atoms with Gasteiger partial charge in [0.15, 0.2) is 0 Å². The van der Waals surface area contributed by atoms with E-state index in [1.165, 1.54) is 6.08 Å². The maximum absolute atomic E-state index is 11.0. The summed E-state index contributed by atoms with van der Waals surface area (Å²) in [6.45, 7) is 1.75. The molecule has 5 nitrogen and oxygen atoms in total. The highest BCUT2D eigenvalue weighted by Gasteiger charge is 2.06. The van der Waals surface area contributed by atoms with Gasteiger partial charge in [-0.1, -0.05) is 30.3 Å². The quantitative estimate of drug-likeness (QED) is 0.655. The first-order chi connectivity index (χ1) is 8.65. The molecule has 0 aliphatic heterocycles. The third-order valence-corrected chi connectivity index (χ3v) is 2.95. The molecule has 0 fully saturated rings. The molecular weight excluding hydrogens is 250 g/mol. The Morgan fingerprint density at radius 2 is 2.11 bits per heavy atom. The number of hydrogen-bond donors (Lipinski definition) is 1. The minimum atomic E-state index is -1.24. The zero-order valence-electron chi connectivity index (χ0n) is 9.58. The summed E-state index contributed by atoms with van der Waals surface area (Å²) in [5.41, 5.74) is 0.788. The molecule has 0 aliphatic rings. The monoisotopic (exact) mass is 260 g/mol. The molecule has 6 heteroatoms. The van der Waals surface area contributed by atoms with Gasteiger partial charge in [-0.25, -0.2) is 4.98 Å². The lowest BCUT2D eigenvalue weighted by Gasteiger charge is -2.05. The van der Waals surface area contributed by atoms with Crippen LogP contribution in [0, 0.1) is 6.92 Å². The van der Waals surface area contributed by atoms with Gasteiger partial charge in [-0.05, 0) is 30.3 Å². The number of benzene rings is 1. The fraction of sp³-hybridized carbons (Fsp3) is 0.0833. The van der Waals surface area contributed by atoms with E-state index in [1.54, 1.807) is 6.92 Å². The molecule has 1 aromatic carbocycles. The van der Waals surface area contributed by atoms with E-state index >= 15 is 0 Å². The molecule has 1 heterocycles. The zero-order valence-corrected chi connectivity index (χ0v) is 10.4. The van der Waals surface area contributed by atoms with Gasteiger partial charge in [0.2, 0.25) is 5.16 Å². The van der Waals surface area contributed by atoms with Crippen LogP contribution in [0.15, 0.2) is 40.4 Å². The van der Waals surface area contributed by atoms with Crippen LogP contribution in [0.2, 0.25) is 0 Å². The molecule has 0 radical (unpaired) electrons. The number of carbonyl (C=O) groups is 1. The van der Waals surface area contributed by atoms with Crippen LogP contribution in [0.1, 0.15) is 11.4 Å². The fourth-order valence-corrected chi connectivity index (χ4v) is 2.05. The van der Waals surface area contributed by atoms with Gasteiger partial charge in [0.25, 0.3) is 0 Å². The van der Waals surface area contributed by atoms with Gasteiger partial charge in [0.1, 0.15) is 5.82 Å². The van der Waals surface area contributed by atoms with Gasteiger partial charge >= 0.3 is 0 Å². The van der Waals surface area contributed by atoms with Gasteiger partial charge < -0.3 is 9.90 Å². The van der Waals surface area contributed by atoms with Crippen molar-refractivity contribution in [2.75, 3.05) is 0 Å². The van der Waals surface area contributed by atoms with Crippen LogP contribution in [-0.4, -0.2) is 21.2 Å². The van der Waals surface area contributed by atoms with Crippen molar-refractivity contribution < 1.29 is 9.90 Å². The summed E-state index contributed by atoms with van der Waals surface area (Å²) in [5.74, 6) is -0.610. The predicted octanol–water partition coefficient (Wildman–Crippen LogP) is 0.996. The van der Waals surface area contributed by atoms with Crippen molar-refractivity contribution in [3.63, 3.8) is 0 Å². The molecule has 0 bridgehead atoms. The Hall–Kier alpha value is -2.08. The lowest BCUT2D eigenvalue weighted by Crippen LogP contribution is -2.23. The van der Waals surface area contributed by atoms with Gasteiger partial charge in [-0.15, -0.1) is 5.10 Å². The summed E-state index contributed by atoms with van der Waals surface area (Å²) in [4.78, 5) is 15.2. The van der Waals surface area contributed by atoms with E-state index in [9.17, 15) is 9.90 Å². The second-order valence-electron chi connectivity index (χ2n) is 3.51. The van der Waals surface area contributed by atoms with Crippen LogP contribution in [0.5, 0.6) is 0 Å². The summed E-state index contributed by atoms with van der Waals surface area (Å²) in [5, 5.41) is 17.9. The lowest BCUT2D eigenvalue weighted by molar-refractivity contribution is -0.297. The molecule has 0 atom stereocenters. The maximum Gasteiger partial charge on any atom is 0.213 e. The van der Waals surface area contributed by atoms with Gasteiger partial charge in [0.05, 0.1) is 5.97 Å². The number of carbonyl (C=O) groups excluding carboxylic acids is 1. The topological polar surface area (TPSA) is 81.7 Å². The molecule has 0 saturated carbocycles. The van der Waals surface area contributed by atoms with E-state index in [0.29, 0.717) is 11.0 Å².